The van der Waals surface area contributed by atoms with Crippen molar-refractivity contribution >= 4 is 29.1 Å². The lowest BCUT2D eigenvalue weighted by Gasteiger charge is -2.26. The van der Waals surface area contributed by atoms with Gasteiger partial charge in [0.1, 0.15) is 11.3 Å². The Hall–Kier alpha value is -2.83. The molecule has 1 saturated heterocycles. The fraction of sp³-hybridized carbons (Fsp3) is 0.273. The molecule has 1 fully saturated rings. The number of anilines is 2. The summed E-state index contributed by atoms with van der Waals surface area (Å²) in [5.74, 6) is 0.197. The number of halogens is 1. The van der Waals surface area contributed by atoms with Crippen LogP contribution in [0.15, 0.2) is 53.1 Å². The molecule has 0 unspecified atom stereocenters. The highest BCUT2D eigenvalue weighted by Crippen LogP contribution is 2.33. The minimum Gasteiger partial charge on any atom is -0.378 e. The van der Waals surface area contributed by atoms with E-state index in [1.807, 2.05) is 41.3 Å². The quantitative estimate of drug-likeness (QED) is 0.662. The van der Waals surface area contributed by atoms with Crippen LogP contribution in [0.3, 0.4) is 0 Å². The third kappa shape index (κ3) is 4.28. The number of hydrogen-bond donors (Lipinski definition) is 1. The van der Waals surface area contributed by atoms with Crippen LogP contribution in [0.5, 0.6) is 0 Å². The van der Waals surface area contributed by atoms with Gasteiger partial charge < -0.3 is 19.5 Å². The van der Waals surface area contributed by atoms with Crippen LogP contribution < -0.4 is 10.2 Å². The summed E-state index contributed by atoms with van der Waals surface area (Å²) in [5, 5.41) is 7.81. The minimum atomic E-state index is -0.262. The minimum absolute atomic E-state index is 0.262. The van der Waals surface area contributed by atoms with Crippen molar-refractivity contribution < 1.29 is 14.1 Å². The summed E-state index contributed by atoms with van der Waals surface area (Å²) in [4.78, 5) is 15.3. The van der Waals surface area contributed by atoms with Crippen molar-refractivity contribution in [2.45, 2.75) is 13.3 Å². The SMILES string of the molecule is CCc1ccc(NC(=O)c2c(-c3ccc(Cl)cc3)noc2N2CCOCC2)cc1. The molecular weight excluding hydrogens is 390 g/mol. The molecule has 0 atom stereocenters. The third-order valence-electron chi connectivity index (χ3n) is 4.94. The normalized spacial score (nSPS) is 14.1. The molecule has 0 spiro atoms. The lowest BCUT2D eigenvalue weighted by molar-refractivity contribution is 0.102. The summed E-state index contributed by atoms with van der Waals surface area (Å²) in [6.45, 7) is 4.53. The number of nitrogens with one attached hydrogen (secondary N) is 1. The van der Waals surface area contributed by atoms with Gasteiger partial charge in [-0.15, -0.1) is 0 Å². The average molecular weight is 412 g/mol. The first-order valence-electron chi connectivity index (χ1n) is 9.64. The molecule has 1 aromatic heterocycles. The van der Waals surface area contributed by atoms with Crippen molar-refractivity contribution in [3.63, 3.8) is 0 Å². The van der Waals surface area contributed by atoms with Crippen molar-refractivity contribution in [3.8, 4) is 11.3 Å². The molecule has 2 aromatic carbocycles. The molecular formula is C22H22ClN3O3. The number of ether oxygens (including phenoxy) is 1. The number of nitrogens with zero attached hydrogens (tertiary/aromatic N) is 2. The van der Waals surface area contributed by atoms with Crippen LogP contribution in [0.1, 0.15) is 22.8 Å². The molecule has 4 rings (SSSR count). The van der Waals surface area contributed by atoms with Crippen LogP contribution in [0, 0.1) is 0 Å². The Bertz CT molecular complexity index is 978. The molecule has 0 aliphatic carbocycles. The molecule has 0 saturated carbocycles. The predicted molar refractivity (Wildman–Crippen MR) is 114 cm³/mol. The van der Waals surface area contributed by atoms with Gasteiger partial charge in [-0.1, -0.05) is 47.9 Å². The maximum atomic E-state index is 13.3. The number of morpholine rings is 1. The van der Waals surface area contributed by atoms with E-state index in [1.165, 1.54) is 5.56 Å². The molecule has 1 amide bonds. The van der Waals surface area contributed by atoms with E-state index in [2.05, 4.69) is 17.4 Å². The van der Waals surface area contributed by atoms with Crippen LogP contribution >= 0.6 is 11.6 Å². The number of carbonyl (C=O) groups excluding carboxylic acids is 1. The molecule has 1 aliphatic heterocycles. The summed E-state index contributed by atoms with van der Waals surface area (Å²) in [5.41, 5.74) is 3.61. The average Bonchev–Trinajstić information content (AvgIpc) is 3.21. The van der Waals surface area contributed by atoms with E-state index in [-0.39, 0.29) is 5.91 Å². The van der Waals surface area contributed by atoms with E-state index in [4.69, 9.17) is 20.9 Å². The third-order valence-corrected chi connectivity index (χ3v) is 5.19. The highest BCUT2D eigenvalue weighted by atomic mass is 35.5. The summed E-state index contributed by atoms with van der Waals surface area (Å²) < 4.78 is 11.1. The highest BCUT2D eigenvalue weighted by Gasteiger charge is 2.29. The van der Waals surface area contributed by atoms with Gasteiger partial charge in [0.15, 0.2) is 0 Å². The zero-order valence-electron chi connectivity index (χ0n) is 16.2. The van der Waals surface area contributed by atoms with E-state index in [0.29, 0.717) is 48.5 Å². The monoisotopic (exact) mass is 411 g/mol. The van der Waals surface area contributed by atoms with Gasteiger partial charge in [-0.3, -0.25) is 4.79 Å². The van der Waals surface area contributed by atoms with Crippen molar-refractivity contribution in [2.24, 2.45) is 0 Å². The predicted octanol–water partition coefficient (Wildman–Crippen LogP) is 4.65. The highest BCUT2D eigenvalue weighted by molar-refractivity contribution is 6.30. The van der Waals surface area contributed by atoms with Gasteiger partial charge in [0.2, 0.25) is 5.88 Å². The number of carbonyl (C=O) groups is 1. The molecule has 1 N–H and O–H groups in total. The summed E-state index contributed by atoms with van der Waals surface area (Å²) >= 11 is 6.02. The molecule has 7 heteroatoms. The van der Waals surface area contributed by atoms with Gasteiger partial charge in [-0.2, -0.15) is 0 Å². The Labute approximate surface area is 174 Å². The van der Waals surface area contributed by atoms with Crippen LogP contribution in [-0.2, 0) is 11.2 Å². The van der Waals surface area contributed by atoms with Crippen molar-refractivity contribution in [3.05, 3.63) is 64.7 Å². The fourth-order valence-corrected chi connectivity index (χ4v) is 3.42. The first-order chi connectivity index (χ1) is 14.2. The van der Waals surface area contributed by atoms with Gasteiger partial charge in [0.25, 0.3) is 5.91 Å². The number of aromatic nitrogens is 1. The molecule has 150 valence electrons. The number of rotatable bonds is 5. The van der Waals surface area contributed by atoms with E-state index in [0.717, 1.165) is 17.7 Å². The lowest BCUT2D eigenvalue weighted by atomic mass is 10.1. The molecule has 29 heavy (non-hydrogen) atoms. The molecule has 0 bridgehead atoms. The molecule has 2 heterocycles. The largest absolute Gasteiger partial charge is 0.378 e. The Morgan fingerprint density at radius 1 is 1.10 bits per heavy atom. The van der Waals surface area contributed by atoms with Crippen LogP contribution in [0.2, 0.25) is 5.02 Å². The van der Waals surface area contributed by atoms with Crippen LogP contribution in [0.4, 0.5) is 11.6 Å². The summed E-state index contributed by atoms with van der Waals surface area (Å²) in [7, 11) is 0. The van der Waals surface area contributed by atoms with E-state index >= 15 is 0 Å². The Morgan fingerprint density at radius 3 is 2.45 bits per heavy atom. The fourth-order valence-electron chi connectivity index (χ4n) is 3.29. The van der Waals surface area contributed by atoms with E-state index in [1.54, 1.807) is 12.1 Å². The van der Waals surface area contributed by atoms with Gasteiger partial charge >= 0.3 is 0 Å². The number of benzene rings is 2. The smallest absolute Gasteiger partial charge is 0.263 e. The van der Waals surface area contributed by atoms with Crippen molar-refractivity contribution in [1.29, 1.82) is 0 Å². The zero-order chi connectivity index (χ0) is 20.2. The first-order valence-corrected chi connectivity index (χ1v) is 10.0. The first kappa shape index (κ1) is 19.5. The zero-order valence-corrected chi connectivity index (χ0v) is 16.9. The number of amides is 1. The van der Waals surface area contributed by atoms with Gasteiger partial charge in [-0.05, 0) is 36.2 Å². The number of aryl methyl sites for hydroxylation is 1. The van der Waals surface area contributed by atoms with E-state index in [9.17, 15) is 4.79 Å². The van der Waals surface area contributed by atoms with Crippen molar-refractivity contribution in [1.82, 2.24) is 5.16 Å². The number of hydrogen-bond acceptors (Lipinski definition) is 5. The second kappa shape index (κ2) is 8.68. The lowest BCUT2D eigenvalue weighted by Crippen LogP contribution is -2.37. The summed E-state index contributed by atoms with van der Waals surface area (Å²) in [6, 6.07) is 15.0. The van der Waals surface area contributed by atoms with E-state index < -0.39 is 0 Å². The standard InChI is InChI=1S/C22H22ClN3O3/c1-2-15-3-9-18(10-4-15)24-21(27)19-20(16-5-7-17(23)8-6-16)25-29-22(19)26-11-13-28-14-12-26/h3-10H,2,11-14H2,1H3,(H,24,27). The van der Waals surface area contributed by atoms with Gasteiger partial charge in [0.05, 0.1) is 13.2 Å². The van der Waals surface area contributed by atoms with Crippen molar-refractivity contribution in [2.75, 3.05) is 36.5 Å². The second-order valence-electron chi connectivity index (χ2n) is 6.82. The molecule has 6 nitrogen and oxygen atoms in total. The second-order valence-corrected chi connectivity index (χ2v) is 7.26. The maximum Gasteiger partial charge on any atom is 0.263 e. The van der Waals surface area contributed by atoms with Gasteiger partial charge in [0, 0.05) is 29.4 Å². The molecule has 3 aromatic rings. The maximum absolute atomic E-state index is 13.3. The van der Waals surface area contributed by atoms with Crippen LogP contribution in [0.25, 0.3) is 11.3 Å². The Balaban J connectivity index is 1.70. The molecule has 0 radical (unpaired) electrons. The molecule has 1 aliphatic rings. The Morgan fingerprint density at radius 2 is 1.79 bits per heavy atom. The van der Waals surface area contributed by atoms with Gasteiger partial charge in [-0.25, -0.2) is 0 Å². The topological polar surface area (TPSA) is 67.6 Å². The Kier molecular flexibility index (Phi) is 5.83. The van der Waals surface area contributed by atoms with Crippen LogP contribution in [-0.4, -0.2) is 37.4 Å². The summed E-state index contributed by atoms with van der Waals surface area (Å²) in [6.07, 6.45) is 0.946.